The van der Waals surface area contributed by atoms with Crippen LogP contribution in [0.25, 0.3) is 0 Å². The fourth-order valence-corrected chi connectivity index (χ4v) is 0.870. The Bertz CT molecular complexity index is 419. The van der Waals surface area contributed by atoms with Crippen molar-refractivity contribution in [3.8, 4) is 0 Å². The van der Waals surface area contributed by atoms with Crippen molar-refractivity contribution in [1.82, 2.24) is 0 Å². The van der Waals surface area contributed by atoms with Crippen molar-refractivity contribution >= 4 is 12.0 Å². The van der Waals surface area contributed by atoms with Gasteiger partial charge in [-0.1, -0.05) is 0 Å². The molecule has 74 valence electrons. The molecule has 0 aliphatic heterocycles. The zero-order valence-corrected chi connectivity index (χ0v) is 6.46. The fraction of sp³-hybridized carbons (Fsp3) is 0. The predicted octanol–water partition coefficient (Wildman–Crippen LogP) is 1.82. The highest BCUT2D eigenvalue weighted by atomic mass is 19.1. The monoisotopic (exact) mass is 205 g/mol. The lowest BCUT2D eigenvalue weighted by Crippen LogP contribution is -2.03. The summed E-state index contributed by atoms with van der Waals surface area (Å²) in [6.07, 6.45) is -0.253. The Labute approximate surface area is 75.1 Å². The SMILES string of the molecule is O=Cc1c(F)cc(F)c([N+](=O)[O-])c1F. The van der Waals surface area contributed by atoms with E-state index < -0.39 is 33.6 Å². The second kappa shape index (κ2) is 3.44. The molecule has 0 saturated carbocycles. The quantitative estimate of drug-likeness (QED) is 0.420. The number of carbonyl (C=O) groups is 1. The molecule has 0 radical (unpaired) electrons. The number of nitro groups is 1. The van der Waals surface area contributed by atoms with Crippen molar-refractivity contribution in [2.75, 3.05) is 0 Å². The van der Waals surface area contributed by atoms with Crippen LogP contribution < -0.4 is 0 Å². The van der Waals surface area contributed by atoms with Gasteiger partial charge in [0.25, 0.3) is 0 Å². The van der Waals surface area contributed by atoms with Crippen LogP contribution in [-0.4, -0.2) is 11.2 Å². The molecule has 0 aliphatic carbocycles. The van der Waals surface area contributed by atoms with Crippen molar-refractivity contribution in [3.05, 3.63) is 39.2 Å². The summed E-state index contributed by atoms with van der Waals surface area (Å²) in [6.45, 7) is 0. The van der Waals surface area contributed by atoms with E-state index in [-0.39, 0.29) is 12.4 Å². The van der Waals surface area contributed by atoms with E-state index in [0.717, 1.165) is 0 Å². The normalized spacial score (nSPS) is 9.93. The van der Waals surface area contributed by atoms with Gasteiger partial charge in [0.1, 0.15) is 5.82 Å². The zero-order chi connectivity index (χ0) is 10.9. The van der Waals surface area contributed by atoms with E-state index in [4.69, 9.17) is 0 Å². The van der Waals surface area contributed by atoms with Gasteiger partial charge in [-0.25, -0.2) is 4.39 Å². The molecule has 1 aromatic rings. The van der Waals surface area contributed by atoms with E-state index in [1.165, 1.54) is 0 Å². The third-order valence-corrected chi connectivity index (χ3v) is 1.48. The van der Waals surface area contributed by atoms with Crippen molar-refractivity contribution in [3.63, 3.8) is 0 Å². The van der Waals surface area contributed by atoms with E-state index >= 15 is 0 Å². The number of hydrogen-bond acceptors (Lipinski definition) is 3. The third-order valence-electron chi connectivity index (χ3n) is 1.48. The molecule has 0 aromatic heterocycles. The van der Waals surface area contributed by atoms with Crippen LogP contribution >= 0.6 is 0 Å². The summed E-state index contributed by atoms with van der Waals surface area (Å²) >= 11 is 0. The summed E-state index contributed by atoms with van der Waals surface area (Å²) in [5.74, 6) is -4.93. The highest BCUT2D eigenvalue weighted by Gasteiger charge is 2.27. The average Bonchev–Trinajstić information content (AvgIpc) is 2.02. The molecule has 0 unspecified atom stereocenters. The Balaban J connectivity index is 3.60. The minimum atomic E-state index is -1.80. The summed E-state index contributed by atoms with van der Waals surface area (Å²) in [6, 6.07) is 0.0882. The van der Waals surface area contributed by atoms with Crippen LogP contribution in [0.15, 0.2) is 6.07 Å². The summed E-state index contributed by atoms with van der Waals surface area (Å²) < 4.78 is 38.2. The van der Waals surface area contributed by atoms with E-state index in [1.54, 1.807) is 0 Å². The second-order valence-corrected chi connectivity index (χ2v) is 2.29. The molecule has 1 rings (SSSR count). The largest absolute Gasteiger partial charge is 0.341 e. The number of halogens is 3. The molecule has 0 heterocycles. The van der Waals surface area contributed by atoms with Gasteiger partial charge in [0.15, 0.2) is 6.29 Å². The molecular weight excluding hydrogens is 203 g/mol. The average molecular weight is 205 g/mol. The summed E-state index contributed by atoms with van der Waals surface area (Å²) in [7, 11) is 0. The summed E-state index contributed by atoms with van der Waals surface area (Å²) in [5.41, 5.74) is -2.69. The van der Waals surface area contributed by atoms with Crippen LogP contribution in [0.5, 0.6) is 0 Å². The molecule has 0 N–H and O–H groups in total. The topological polar surface area (TPSA) is 60.2 Å². The third kappa shape index (κ3) is 1.43. The van der Waals surface area contributed by atoms with Crippen molar-refractivity contribution in [1.29, 1.82) is 0 Å². The molecule has 0 amide bonds. The Hall–Kier alpha value is -1.92. The van der Waals surface area contributed by atoms with Gasteiger partial charge in [0.2, 0.25) is 11.6 Å². The maximum Gasteiger partial charge on any atom is 0.341 e. The number of nitro benzene ring substituents is 1. The lowest BCUT2D eigenvalue weighted by Gasteiger charge is -1.99. The van der Waals surface area contributed by atoms with Crippen LogP contribution in [0.3, 0.4) is 0 Å². The Morgan fingerprint density at radius 1 is 1.29 bits per heavy atom. The number of hydrogen-bond donors (Lipinski definition) is 0. The smallest absolute Gasteiger partial charge is 0.298 e. The van der Waals surface area contributed by atoms with Crippen molar-refractivity contribution < 1.29 is 22.9 Å². The van der Waals surface area contributed by atoms with Gasteiger partial charge in [0, 0.05) is 6.07 Å². The summed E-state index contributed by atoms with van der Waals surface area (Å²) in [5, 5.41) is 10.1. The zero-order valence-electron chi connectivity index (χ0n) is 6.46. The van der Waals surface area contributed by atoms with E-state index in [1.807, 2.05) is 0 Å². The van der Waals surface area contributed by atoms with E-state index in [9.17, 15) is 28.1 Å². The standard InChI is InChI=1S/C7H2F3NO3/c8-4-1-5(9)7(11(13)14)6(10)3(4)2-12/h1-2H. The highest BCUT2D eigenvalue weighted by Crippen LogP contribution is 2.25. The van der Waals surface area contributed by atoms with Gasteiger partial charge in [0.05, 0.1) is 10.5 Å². The Morgan fingerprint density at radius 2 is 1.86 bits per heavy atom. The van der Waals surface area contributed by atoms with Crippen LogP contribution in [-0.2, 0) is 0 Å². The molecule has 0 saturated heterocycles. The van der Waals surface area contributed by atoms with Crippen LogP contribution in [0.4, 0.5) is 18.9 Å². The first-order chi connectivity index (χ1) is 6.49. The number of carbonyl (C=O) groups excluding carboxylic acids is 1. The van der Waals surface area contributed by atoms with Crippen molar-refractivity contribution in [2.24, 2.45) is 0 Å². The van der Waals surface area contributed by atoms with Crippen LogP contribution in [0, 0.1) is 27.6 Å². The molecule has 7 heteroatoms. The van der Waals surface area contributed by atoms with Gasteiger partial charge < -0.3 is 0 Å². The molecule has 4 nitrogen and oxygen atoms in total. The first-order valence-electron chi connectivity index (χ1n) is 3.26. The van der Waals surface area contributed by atoms with E-state index in [0.29, 0.717) is 0 Å². The first-order valence-corrected chi connectivity index (χ1v) is 3.26. The van der Waals surface area contributed by atoms with Gasteiger partial charge in [-0.05, 0) is 0 Å². The van der Waals surface area contributed by atoms with Gasteiger partial charge in [-0.2, -0.15) is 8.78 Å². The maximum atomic E-state index is 12.9. The van der Waals surface area contributed by atoms with Gasteiger partial charge >= 0.3 is 5.69 Å². The molecule has 14 heavy (non-hydrogen) atoms. The molecule has 0 spiro atoms. The number of nitrogens with zero attached hydrogens (tertiary/aromatic N) is 1. The molecule has 1 aromatic carbocycles. The molecule has 0 aliphatic rings. The number of benzene rings is 1. The van der Waals surface area contributed by atoms with Crippen molar-refractivity contribution in [2.45, 2.75) is 0 Å². The lowest BCUT2D eigenvalue weighted by molar-refractivity contribution is -0.390. The maximum absolute atomic E-state index is 12.9. The van der Waals surface area contributed by atoms with Crippen LogP contribution in [0.2, 0.25) is 0 Å². The van der Waals surface area contributed by atoms with Gasteiger partial charge in [-0.3, -0.25) is 14.9 Å². The Morgan fingerprint density at radius 3 is 2.29 bits per heavy atom. The molecule has 0 atom stereocenters. The minimum Gasteiger partial charge on any atom is -0.298 e. The fourth-order valence-electron chi connectivity index (χ4n) is 0.870. The Kier molecular flexibility index (Phi) is 2.50. The molecule has 0 fully saturated rings. The predicted molar refractivity (Wildman–Crippen MR) is 38.4 cm³/mol. The van der Waals surface area contributed by atoms with E-state index in [2.05, 4.69) is 0 Å². The molecule has 0 bridgehead atoms. The molecular formula is C7H2F3NO3. The number of aldehydes is 1. The highest BCUT2D eigenvalue weighted by molar-refractivity contribution is 5.77. The van der Waals surface area contributed by atoms with Crippen LogP contribution in [0.1, 0.15) is 10.4 Å². The first kappa shape index (κ1) is 10.2. The van der Waals surface area contributed by atoms with Gasteiger partial charge in [-0.15, -0.1) is 0 Å². The minimum absolute atomic E-state index is 0.0882. The second-order valence-electron chi connectivity index (χ2n) is 2.29. The summed E-state index contributed by atoms with van der Waals surface area (Å²) in [4.78, 5) is 18.9. The number of rotatable bonds is 2. The lowest BCUT2D eigenvalue weighted by atomic mass is 10.2.